The predicted molar refractivity (Wildman–Crippen MR) is 166 cm³/mol. The first-order chi connectivity index (χ1) is 19.7. The van der Waals surface area contributed by atoms with Crippen LogP contribution >= 0.6 is 0 Å². The lowest BCUT2D eigenvalue weighted by molar-refractivity contribution is -0.893. The third-order valence-corrected chi connectivity index (χ3v) is 8.36. The van der Waals surface area contributed by atoms with Crippen LogP contribution in [-0.4, -0.2) is 109 Å². The average Bonchev–Trinajstić information content (AvgIpc) is 2.93. The van der Waals surface area contributed by atoms with Gasteiger partial charge in [-0.05, 0) is 19.3 Å². The van der Waals surface area contributed by atoms with Gasteiger partial charge in [-0.25, -0.2) is 0 Å². The summed E-state index contributed by atoms with van der Waals surface area (Å²) >= 11 is 0. The van der Waals surface area contributed by atoms with Crippen molar-refractivity contribution in [3.05, 3.63) is 0 Å². The van der Waals surface area contributed by atoms with Gasteiger partial charge in [-0.3, -0.25) is 0 Å². The number of nitrogens with zero attached hydrogens (tertiary/aromatic N) is 1. The van der Waals surface area contributed by atoms with Crippen molar-refractivity contribution in [1.29, 1.82) is 0 Å². The van der Waals surface area contributed by atoms with Gasteiger partial charge in [0.05, 0.1) is 33.9 Å². The average molecular weight is 591 g/mol. The summed E-state index contributed by atoms with van der Waals surface area (Å²) < 4.78 is 17.6. The minimum atomic E-state index is -1.37. The number of aliphatic hydroxyl groups is 4. The largest absolute Gasteiger partial charge is 0.387 e. The van der Waals surface area contributed by atoms with E-state index in [0.717, 1.165) is 30.3 Å². The lowest BCUT2D eigenvalue weighted by Gasteiger charge is -2.40. The molecule has 0 aromatic heterocycles. The van der Waals surface area contributed by atoms with E-state index < -0.39 is 36.8 Å². The van der Waals surface area contributed by atoms with E-state index in [1.165, 1.54) is 96.3 Å². The quantitative estimate of drug-likeness (QED) is 0.0757. The molecule has 0 amide bonds. The van der Waals surface area contributed by atoms with Gasteiger partial charge in [0.25, 0.3) is 0 Å². The van der Waals surface area contributed by atoms with Crippen LogP contribution in [0.15, 0.2) is 0 Å². The summed E-state index contributed by atoms with van der Waals surface area (Å²) in [5.74, 6) is 0. The monoisotopic (exact) mass is 590 g/mol. The summed E-state index contributed by atoms with van der Waals surface area (Å²) in [6.07, 6.45) is 17.1. The molecule has 0 aliphatic carbocycles. The predicted octanol–water partition coefficient (Wildman–Crippen LogP) is 5.33. The number of likely N-dealkylation sites (N-methyl/N-ethyl adjacent to an activating group) is 1. The van der Waals surface area contributed by atoms with E-state index in [2.05, 4.69) is 21.0 Å². The van der Waals surface area contributed by atoms with Gasteiger partial charge in [0.2, 0.25) is 0 Å². The Morgan fingerprint density at radius 1 is 0.659 bits per heavy atom. The molecule has 1 heterocycles. The Morgan fingerprint density at radius 3 is 1.66 bits per heavy atom. The first kappa shape index (κ1) is 38.7. The van der Waals surface area contributed by atoms with Gasteiger partial charge in [0.15, 0.2) is 6.29 Å². The molecule has 1 aliphatic rings. The van der Waals surface area contributed by atoms with Crippen LogP contribution in [-0.2, 0) is 14.2 Å². The van der Waals surface area contributed by atoms with E-state index in [0.29, 0.717) is 13.2 Å². The van der Waals surface area contributed by atoms with E-state index in [1.807, 2.05) is 6.92 Å². The van der Waals surface area contributed by atoms with E-state index in [1.54, 1.807) is 0 Å². The lowest BCUT2D eigenvalue weighted by Crippen LogP contribution is -2.59. The summed E-state index contributed by atoms with van der Waals surface area (Å²) in [6.45, 7) is 6.43. The molecular weight excluding hydrogens is 522 g/mol. The summed E-state index contributed by atoms with van der Waals surface area (Å²) in [4.78, 5) is 0. The maximum absolute atomic E-state index is 10.5. The Bertz CT molecular complexity index is 594. The van der Waals surface area contributed by atoms with Crippen molar-refractivity contribution in [3.63, 3.8) is 0 Å². The molecule has 8 nitrogen and oxygen atoms in total. The highest BCUT2D eigenvalue weighted by Gasteiger charge is 2.44. The third kappa shape index (κ3) is 18.8. The Morgan fingerprint density at radius 2 is 1.15 bits per heavy atom. The van der Waals surface area contributed by atoms with E-state index in [-0.39, 0.29) is 13.2 Å². The van der Waals surface area contributed by atoms with Crippen molar-refractivity contribution in [2.45, 2.75) is 166 Å². The van der Waals surface area contributed by atoms with E-state index in [9.17, 15) is 20.4 Å². The van der Waals surface area contributed by atoms with E-state index in [4.69, 9.17) is 14.2 Å². The summed E-state index contributed by atoms with van der Waals surface area (Å²) in [5, 5.41) is 41.1. The smallest absolute Gasteiger partial charge is 0.186 e. The van der Waals surface area contributed by atoms with Crippen LogP contribution in [0.4, 0.5) is 0 Å². The summed E-state index contributed by atoms with van der Waals surface area (Å²) in [5.41, 5.74) is 0. The van der Waals surface area contributed by atoms with Gasteiger partial charge < -0.3 is 39.1 Å². The fourth-order valence-corrected chi connectivity index (χ4v) is 5.66. The molecule has 1 fully saturated rings. The molecule has 1 rings (SSSR count). The number of ether oxygens (including phenoxy) is 3. The molecule has 0 aromatic carbocycles. The molecule has 0 radical (unpaired) electrons. The zero-order valence-electron chi connectivity index (χ0n) is 27.2. The van der Waals surface area contributed by atoms with Crippen molar-refractivity contribution in [1.82, 2.24) is 0 Å². The normalized spacial score (nSPS) is 24.1. The standard InChI is InChI=1S/C33H68NO7/c1-5-7-9-10-11-12-13-14-15-16-17-18-19-20-21-22-23-34(3,4)25-28(35)26-39-27-29-30(36)31(37)32(38)33(41-29)40-24-8-6-2/h28-33,35-38H,5-27H2,1-4H3/q+1/t28?,29-,30-,31+,32-,33-/m1/s1. The second kappa shape index (κ2) is 24.1. The van der Waals surface area contributed by atoms with Crippen LogP contribution in [0.3, 0.4) is 0 Å². The highest BCUT2D eigenvalue weighted by atomic mass is 16.7. The van der Waals surface area contributed by atoms with Gasteiger partial charge in [-0.2, -0.15) is 0 Å². The van der Waals surface area contributed by atoms with Crippen LogP contribution < -0.4 is 0 Å². The molecule has 246 valence electrons. The van der Waals surface area contributed by atoms with Crippen LogP contribution in [0.5, 0.6) is 0 Å². The van der Waals surface area contributed by atoms with Gasteiger partial charge in [-0.1, -0.05) is 110 Å². The molecule has 8 heteroatoms. The van der Waals surface area contributed by atoms with E-state index >= 15 is 0 Å². The maximum Gasteiger partial charge on any atom is 0.186 e. The first-order valence-electron chi connectivity index (χ1n) is 17.1. The number of aliphatic hydroxyl groups excluding tert-OH is 4. The fourth-order valence-electron chi connectivity index (χ4n) is 5.66. The Kier molecular flexibility index (Phi) is 22.7. The van der Waals surface area contributed by atoms with Gasteiger partial charge >= 0.3 is 0 Å². The van der Waals surface area contributed by atoms with Crippen LogP contribution in [0.25, 0.3) is 0 Å². The minimum absolute atomic E-state index is 0.00218. The van der Waals surface area contributed by atoms with Gasteiger partial charge in [0.1, 0.15) is 37.1 Å². The summed E-state index contributed by atoms with van der Waals surface area (Å²) in [6, 6.07) is 0. The molecule has 1 saturated heterocycles. The Hall–Kier alpha value is -0.320. The Labute approximate surface area is 252 Å². The molecule has 0 saturated carbocycles. The van der Waals surface area contributed by atoms with Crippen LogP contribution in [0.1, 0.15) is 129 Å². The molecule has 0 bridgehead atoms. The lowest BCUT2D eigenvalue weighted by atomic mass is 9.99. The highest BCUT2D eigenvalue weighted by Crippen LogP contribution is 2.23. The summed E-state index contributed by atoms with van der Waals surface area (Å²) in [7, 11) is 4.27. The van der Waals surface area contributed by atoms with Crippen LogP contribution in [0.2, 0.25) is 0 Å². The molecule has 4 N–H and O–H groups in total. The second-order valence-electron chi connectivity index (χ2n) is 13.1. The Balaban J connectivity index is 2.06. The molecule has 1 aliphatic heterocycles. The van der Waals surface area contributed by atoms with Crippen molar-refractivity contribution < 1.29 is 39.1 Å². The minimum Gasteiger partial charge on any atom is -0.387 e. The SMILES string of the molecule is CCCCCCCCCCCCCCCCCC[N+](C)(C)CC(O)COC[C@H]1O[C@@H](OCCCC)[C@H](O)[C@@H](O)[C@@H]1O. The number of rotatable bonds is 27. The van der Waals surface area contributed by atoms with Crippen molar-refractivity contribution >= 4 is 0 Å². The zero-order valence-corrected chi connectivity index (χ0v) is 27.2. The third-order valence-electron chi connectivity index (χ3n) is 8.36. The molecule has 0 aromatic rings. The highest BCUT2D eigenvalue weighted by molar-refractivity contribution is 4.89. The number of unbranched alkanes of at least 4 members (excludes halogenated alkanes) is 16. The first-order valence-corrected chi connectivity index (χ1v) is 17.1. The number of quaternary nitrogens is 1. The van der Waals surface area contributed by atoms with Gasteiger partial charge in [0, 0.05) is 6.61 Å². The molecule has 0 spiro atoms. The molecule has 41 heavy (non-hydrogen) atoms. The van der Waals surface area contributed by atoms with Gasteiger partial charge in [-0.15, -0.1) is 0 Å². The van der Waals surface area contributed by atoms with Crippen molar-refractivity contribution in [2.24, 2.45) is 0 Å². The molecule has 6 atom stereocenters. The second-order valence-corrected chi connectivity index (χ2v) is 13.1. The zero-order chi connectivity index (χ0) is 30.3. The fraction of sp³-hybridized carbons (Fsp3) is 1.00. The molecule has 1 unspecified atom stereocenters. The van der Waals surface area contributed by atoms with Crippen LogP contribution in [0, 0.1) is 0 Å². The number of hydrogen-bond donors (Lipinski definition) is 4. The maximum atomic E-state index is 10.5. The van der Waals surface area contributed by atoms with Crippen molar-refractivity contribution in [2.75, 3.05) is 47.0 Å². The topological polar surface area (TPSA) is 109 Å². The number of hydrogen-bond acceptors (Lipinski definition) is 7. The van der Waals surface area contributed by atoms with Crippen molar-refractivity contribution in [3.8, 4) is 0 Å². The molecular formula is C33H68NO7+.